The summed E-state index contributed by atoms with van der Waals surface area (Å²) in [4.78, 5) is 17.1. The van der Waals surface area contributed by atoms with E-state index in [9.17, 15) is 8.78 Å². The van der Waals surface area contributed by atoms with Gasteiger partial charge in [-0.05, 0) is 29.8 Å². The molecule has 0 radical (unpaired) electrons. The molecule has 1 aromatic carbocycles. The zero-order valence-electron chi connectivity index (χ0n) is 15.3. The normalized spacial score (nSPS) is 15.3. The van der Waals surface area contributed by atoms with Crippen molar-refractivity contribution >= 4 is 16.6 Å². The largest absolute Gasteiger partial charge is 0.471 e. The molecule has 0 spiro atoms. The maximum atomic E-state index is 12.5. The first-order chi connectivity index (χ1) is 13.7. The number of aromatic nitrogens is 3. The van der Waals surface area contributed by atoms with Crippen LogP contribution in [0, 0.1) is 0 Å². The first-order valence-electron chi connectivity index (χ1n) is 9.21. The summed E-state index contributed by atoms with van der Waals surface area (Å²) in [5, 5.41) is 0.651. The lowest BCUT2D eigenvalue weighted by Gasteiger charge is -2.36. The van der Waals surface area contributed by atoms with Crippen LogP contribution in [0.4, 0.5) is 14.5 Å². The smallest absolute Gasteiger partial charge is 0.272 e. The maximum Gasteiger partial charge on any atom is 0.272 e. The molecule has 0 unspecified atom stereocenters. The molecule has 0 N–H and O–H groups in total. The Morgan fingerprint density at radius 3 is 2.68 bits per heavy atom. The minimum absolute atomic E-state index is 0.197. The van der Waals surface area contributed by atoms with Crippen LogP contribution in [0.5, 0.6) is 5.88 Å². The molecule has 0 amide bonds. The van der Waals surface area contributed by atoms with E-state index in [0.29, 0.717) is 10.9 Å². The SMILES string of the molecule is FC(F)COc1ncnc2ccc(N3CCN(Cc4cccnc4)CC3)cc12. The van der Waals surface area contributed by atoms with E-state index in [0.717, 1.165) is 38.4 Å². The van der Waals surface area contributed by atoms with Crippen molar-refractivity contribution in [3.05, 3.63) is 54.6 Å². The number of fused-ring (bicyclic) bond motifs is 1. The van der Waals surface area contributed by atoms with Gasteiger partial charge in [-0.15, -0.1) is 0 Å². The van der Waals surface area contributed by atoms with E-state index in [1.807, 2.05) is 30.5 Å². The molecule has 0 saturated carbocycles. The minimum atomic E-state index is -2.54. The second-order valence-corrected chi connectivity index (χ2v) is 6.71. The summed E-state index contributed by atoms with van der Waals surface area (Å²) in [5.74, 6) is 0.197. The third-order valence-corrected chi connectivity index (χ3v) is 4.79. The van der Waals surface area contributed by atoms with Gasteiger partial charge in [0.25, 0.3) is 6.43 Å². The molecule has 2 aromatic heterocycles. The monoisotopic (exact) mass is 385 g/mol. The van der Waals surface area contributed by atoms with Crippen LogP contribution in [0.3, 0.4) is 0 Å². The average molecular weight is 385 g/mol. The number of rotatable bonds is 6. The molecule has 0 aliphatic carbocycles. The third kappa shape index (κ3) is 4.33. The number of ether oxygens (including phenoxy) is 1. The molecule has 28 heavy (non-hydrogen) atoms. The molecule has 8 heteroatoms. The van der Waals surface area contributed by atoms with Crippen molar-refractivity contribution in [3.8, 4) is 5.88 Å². The molecule has 1 aliphatic rings. The lowest BCUT2D eigenvalue weighted by molar-refractivity contribution is 0.0804. The Morgan fingerprint density at radius 2 is 1.93 bits per heavy atom. The van der Waals surface area contributed by atoms with Crippen LogP contribution in [0.15, 0.2) is 49.1 Å². The fourth-order valence-electron chi connectivity index (χ4n) is 3.39. The Morgan fingerprint density at radius 1 is 1.07 bits per heavy atom. The van der Waals surface area contributed by atoms with Gasteiger partial charge in [-0.25, -0.2) is 18.7 Å². The fraction of sp³-hybridized carbons (Fsp3) is 0.350. The van der Waals surface area contributed by atoms with E-state index in [4.69, 9.17) is 4.74 Å². The third-order valence-electron chi connectivity index (χ3n) is 4.79. The standard InChI is InChI=1S/C20H21F2N5O/c21-19(22)13-28-20-17-10-16(3-4-18(17)24-14-25-20)27-8-6-26(7-9-27)12-15-2-1-5-23-11-15/h1-5,10-11,14,19H,6-9,12-13H2. The molecule has 4 rings (SSSR count). The Bertz CT molecular complexity index is 917. The molecule has 3 heterocycles. The van der Waals surface area contributed by atoms with Crippen molar-refractivity contribution in [2.24, 2.45) is 0 Å². The van der Waals surface area contributed by atoms with E-state index in [-0.39, 0.29) is 5.88 Å². The van der Waals surface area contributed by atoms with Crippen molar-refractivity contribution in [1.82, 2.24) is 19.9 Å². The highest BCUT2D eigenvalue weighted by Gasteiger charge is 2.18. The molecular formula is C20H21F2N5O. The highest BCUT2D eigenvalue weighted by atomic mass is 19.3. The topological polar surface area (TPSA) is 54.4 Å². The molecule has 1 saturated heterocycles. The van der Waals surface area contributed by atoms with Gasteiger partial charge in [-0.1, -0.05) is 6.07 Å². The minimum Gasteiger partial charge on any atom is -0.471 e. The Balaban J connectivity index is 1.45. The van der Waals surface area contributed by atoms with Crippen molar-refractivity contribution in [3.63, 3.8) is 0 Å². The highest BCUT2D eigenvalue weighted by Crippen LogP contribution is 2.27. The second kappa shape index (κ2) is 8.43. The summed E-state index contributed by atoms with van der Waals surface area (Å²) < 4.78 is 30.2. The molecule has 0 bridgehead atoms. The van der Waals surface area contributed by atoms with Gasteiger partial charge in [-0.3, -0.25) is 9.88 Å². The number of anilines is 1. The average Bonchev–Trinajstić information content (AvgIpc) is 2.73. The van der Waals surface area contributed by atoms with Crippen LogP contribution in [0.25, 0.3) is 10.9 Å². The predicted molar refractivity (Wildman–Crippen MR) is 103 cm³/mol. The summed E-state index contributed by atoms with van der Waals surface area (Å²) in [6, 6.07) is 9.85. The number of pyridine rings is 1. The van der Waals surface area contributed by atoms with Crippen molar-refractivity contribution in [1.29, 1.82) is 0 Å². The number of hydrogen-bond acceptors (Lipinski definition) is 6. The molecule has 146 valence electrons. The molecule has 3 aromatic rings. The van der Waals surface area contributed by atoms with E-state index in [1.165, 1.54) is 11.9 Å². The number of halogens is 2. The number of benzene rings is 1. The van der Waals surface area contributed by atoms with Gasteiger partial charge in [0, 0.05) is 50.8 Å². The summed E-state index contributed by atoms with van der Waals surface area (Å²) in [6.45, 7) is 3.85. The van der Waals surface area contributed by atoms with Gasteiger partial charge in [0.2, 0.25) is 5.88 Å². The van der Waals surface area contributed by atoms with E-state index >= 15 is 0 Å². The van der Waals surface area contributed by atoms with Crippen LogP contribution in [0.2, 0.25) is 0 Å². The molecule has 0 atom stereocenters. The Kier molecular flexibility index (Phi) is 5.57. The summed E-state index contributed by atoms with van der Waals surface area (Å²) >= 11 is 0. The van der Waals surface area contributed by atoms with Crippen LogP contribution in [-0.2, 0) is 6.54 Å². The first kappa shape index (κ1) is 18.5. The zero-order valence-corrected chi connectivity index (χ0v) is 15.3. The van der Waals surface area contributed by atoms with Gasteiger partial charge < -0.3 is 9.64 Å². The van der Waals surface area contributed by atoms with Gasteiger partial charge in [0.15, 0.2) is 6.61 Å². The number of piperazine rings is 1. The molecular weight excluding hydrogens is 364 g/mol. The van der Waals surface area contributed by atoms with Crippen molar-refractivity contribution in [2.75, 3.05) is 37.7 Å². The van der Waals surface area contributed by atoms with E-state index in [2.05, 4.69) is 30.8 Å². The van der Waals surface area contributed by atoms with Gasteiger partial charge in [0.1, 0.15) is 6.33 Å². The van der Waals surface area contributed by atoms with Gasteiger partial charge in [-0.2, -0.15) is 0 Å². The maximum absolute atomic E-state index is 12.5. The lowest BCUT2D eigenvalue weighted by atomic mass is 10.1. The quantitative estimate of drug-likeness (QED) is 0.650. The van der Waals surface area contributed by atoms with Crippen molar-refractivity contribution < 1.29 is 13.5 Å². The second-order valence-electron chi connectivity index (χ2n) is 6.71. The van der Waals surface area contributed by atoms with E-state index in [1.54, 1.807) is 6.20 Å². The van der Waals surface area contributed by atoms with Crippen LogP contribution in [-0.4, -0.2) is 59.1 Å². The molecule has 6 nitrogen and oxygen atoms in total. The van der Waals surface area contributed by atoms with Crippen LogP contribution < -0.4 is 9.64 Å². The number of nitrogens with zero attached hydrogens (tertiary/aromatic N) is 5. The summed E-state index contributed by atoms with van der Waals surface area (Å²) in [6.07, 6.45) is 2.47. The first-order valence-corrected chi connectivity index (χ1v) is 9.21. The number of hydrogen-bond donors (Lipinski definition) is 0. The van der Waals surface area contributed by atoms with Gasteiger partial charge >= 0.3 is 0 Å². The van der Waals surface area contributed by atoms with Gasteiger partial charge in [0.05, 0.1) is 10.9 Å². The summed E-state index contributed by atoms with van der Waals surface area (Å²) in [7, 11) is 0. The predicted octanol–water partition coefficient (Wildman–Crippen LogP) is 2.99. The fourth-order valence-corrected chi connectivity index (χ4v) is 3.39. The highest BCUT2D eigenvalue weighted by molar-refractivity contribution is 5.86. The summed E-state index contributed by atoms with van der Waals surface area (Å²) in [5.41, 5.74) is 2.91. The zero-order chi connectivity index (χ0) is 19.3. The Labute approximate surface area is 161 Å². The lowest BCUT2D eigenvalue weighted by Crippen LogP contribution is -2.45. The number of alkyl halides is 2. The van der Waals surface area contributed by atoms with E-state index < -0.39 is 13.0 Å². The Hall–Kier alpha value is -2.87. The molecule has 1 fully saturated rings. The van der Waals surface area contributed by atoms with Crippen LogP contribution >= 0.6 is 0 Å². The van der Waals surface area contributed by atoms with Crippen molar-refractivity contribution in [2.45, 2.75) is 13.0 Å². The van der Waals surface area contributed by atoms with Crippen LogP contribution in [0.1, 0.15) is 5.56 Å². The molecule has 1 aliphatic heterocycles.